The number of hydrogen-bond donors (Lipinski definition) is 1. The highest BCUT2D eigenvalue weighted by Crippen LogP contribution is 2.30. The van der Waals surface area contributed by atoms with E-state index in [1.54, 1.807) is 12.1 Å². The standard InChI is InChI=1S/C19H19F2N5O/c20-12-1-2-16-13(9-12)14-11-26(4-3-17(14)23-16)19-22-10-15(21)18(24-19)25-5-7-27-8-6-25/h1-2,9-10,23H,3-8,11H2. The Morgan fingerprint density at radius 1 is 1.07 bits per heavy atom. The molecule has 27 heavy (non-hydrogen) atoms. The summed E-state index contributed by atoms with van der Waals surface area (Å²) in [5.74, 6) is 0.134. The summed E-state index contributed by atoms with van der Waals surface area (Å²) in [6.07, 6.45) is 2.01. The number of nitrogens with zero attached hydrogens (tertiary/aromatic N) is 4. The van der Waals surface area contributed by atoms with Gasteiger partial charge in [0.15, 0.2) is 11.6 Å². The zero-order chi connectivity index (χ0) is 18.4. The van der Waals surface area contributed by atoms with Crippen LogP contribution in [0.25, 0.3) is 10.9 Å². The van der Waals surface area contributed by atoms with Crippen molar-refractivity contribution in [1.29, 1.82) is 0 Å². The average molecular weight is 371 g/mol. The van der Waals surface area contributed by atoms with Crippen molar-refractivity contribution in [1.82, 2.24) is 15.0 Å². The highest BCUT2D eigenvalue weighted by molar-refractivity contribution is 5.85. The van der Waals surface area contributed by atoms with Gasteiger partial charge in [-0.3, -0.25) is 0 Å². The second-order valence-corrected chi connectivity index (χ2v) is 6.88. The molecule has 0 spiro atoms. The fourth-order valence-corrected chi connectivity index (χ4v) is 3.86. The van der Waals surface area contributed by atoms with Gasteiger partial charge in [0, 0.05) is 54.8 Å². The SMILES string of the molecule is Fc1ccc2[nH]c3c(c2c1)CN(c1ncc(F)c(N2CCOCC2)n1)CC3. The van der Waals surface area contributed by atoms with Crippen molar-refractivity contribution in [3.8, 4) is 0 Å². The predicted molar refractivity (Wildman–Crippen MR) is 98.0 cm³/mol. The second kappa shape index (κ2) is 6.45. The van der Waals surface area contributed by atoms with Crippen LogP contribution in [0.5, 0.6) is 0 Å². The largest absolute Gasteiger partial charge is 0.378 e. The molecule has 1 aromatic carbocycles. The van der Waals surface area contributed by atoms with Gasteiger partial charge in [0.05, 0.1) is 19.4 Å². The normalized spacial score (nSPS) is 17.4. The maximum absolute atomic E-state index is 14.3. The molecule has 4 heterocycles. The van der Waals surface area contributed by atoms with Crippen molar-refractivity contribution in [3.05, 3.63) is 47.3 Å². The molecule has 0 unspecified atom stereocenters. The number of halogens is 2. The number of rotatable bonds is 2. The van der Waals surface area contributed by atoms with Crippen molar-refractivity contribution in [2.45, 2.75) is 13.0 Å². The molecule has 0 atom stereocenters. The van der Waals surface area contributed by atoms with Gasteiger partial charge >= 0.3 is 0 Å². The third-order valence-corrected chi connectivity index (χ3v) is 5.24. The number of aromatic nitrogens is 3. The van der Waals surface area contributed by atoms with Crippen LogP contribution in [0.3, 0.4) is 0 Å². The molecule has 1 saturated heterocycles. The van der Waals surface area contributed by atoms with E-state index < -0.39 is 5.82 Å². The van der Waals surface area contributed by atoms with E-state index in [2.05, 4.69) is 15.0 Å². The molecule has 140 valence electrons. The quantitative estimate of drug-likeness (QED) is 0.751. The van der Waals surface area contributed by atoms with Crippen LogP contribution >= 0.6 is 0 Å². The Balaban J connectivity index is 1.48. The molecule has 2 aliphatic heterocycles. The van der Waals surface area contributed by atoms with Gasteiger partial charge in [-0.25, -0.2) is 13.8 Å². The maximum atomic E-state index is 14.3. The zero-order valence-corrected chi connectivity index (χ0v) is 14.7. The Kier molecular flexibility index (Phi) is 3.93. The lowest BCUT2D eigenvalue weighted by Crippen LogP contribution is -2.38. The number of benzene rings is 1. The van der Waals surface area contributed by atoms with E-state index in [1.807, 2.05) is 9.80 Å². The van der Waals surface area contributed by atoms with E-state index in [-0.39, 0.29) is 5.82 Å². The first-order valence-corrected chi connectivity index (χ1v) is 9.08. The van der Waals surface area contributed by atoms with Crippen molar-refractivity contribution in [2.75, 3.05) is 42.6 Å². The summed E-state index contributed by atoms with van der Waals surface area (Å²) >= 11 is 0. The van der Waals surface area contributed by atoms with Crippen LogP contribution in [-0.2, 0) is 17.7 Å². The van der Waals surface area contributed by atoms with Crippen LogP contribution < -0.4 is 9.80 Å². The van der Waals surface area contributed by atoms with Gasteiger partial charge < -0.3 is 19.5 Å². The van der Waals surface area contributed by atoms with Crippen LogP contribution in [-0.4, -0.2) is 47.8 Å². The van der Waals surface area contributed by atoms with Crippen molar-refractivity contribution in [3.63, 3.8) is 0 Å². The summed E-state index contributed by atoms with van der Waals surface area (Å²) in [6.45, 7) is 3.63. The van der Waals surface area contributed by atoms with E-state index in [4.69, 9.17) is 4.74 Å². The first kappa shape index (κ1) is 16.4. The van der Waals surface area contributed by atoms with Gasteiger partial charge in [0.1, 0.15) is 5.82 Å². The van der Waals surface area contributed by atoms with Crippen molar-refractivity contribution >= 4 is 22.7 Å². The summed E-state index contributed by atoms with van der Waals surface area (Å²) in [6, 6.07) is 4.77. The molecule has 5 rings (SSSR count). The molecular formula is C19H19F2N5O. The van der Waals surface area contributed by atoms with E-state index in [9.17, 15) is 8.78 Å². The fourth-order valence-electron chi connectivity index (χ4n) is 3.86. The minimum atomic E-state index is -0.424. The highest BCUT2D eigenvalue weighted by Gasteiger charge is 2.25. The molecule has 6 nitrogen and oxygen atoms in total. The molecule has 0 bridgehead atoms. The van der Waals surface area contributed by atoms with E-state index in [0.717, 1.165) is 35.1 Å². The molecule has 2 aromatic heterocycles. The summed E-state index contributed by atoms with van der Waals surface area (Å²) in [7, 11) is 0. The maximum Gasteiger partial charge on any atom is 0.227 e. The minimum Gasteiger partial charge on any atom is -0.378 e. The number of aromatic amines is 1. The van der Waals surface area contributed by atoms with Crippen molar-refractivity contribution in [2.24, 2.45) is 0 Å². The lowest BCUT2D eigenvalue weighted by molar-refractivity contribution is 0.122. The van der Waals surface area contributed by atoms with E-state index in [1.165, 1.54) is 12.3 Å². The number of nitrogens with one attached hydrogen (secondary N) is 1. The van der Waals surface area contributed by atoms with Gasteiger partial charge in [-0.05, 0) is 18.2 Å². The number of hydrogen-bond acceptors (Lipinski definition) is 5. The first-order chi connectivity index (χ1) is 13.2. The smallest absolute Gasteiger partial charge is 0.227 e. The Morgan fingerprint density at radius 2 is 1.93 bits per heavy atom. The molecular weight excluding hydrogens is 352 g/mol. The topological polar surface area (TPSA) is 57.3 Å². The molecule has 1 fully saturated rings. The number of H-pyrrole nitrogens is 1. The molecule has 0 amide bonds. The van der Waals surface area contributed by atoms with Crippen molar-refractivity contribution < 1.29 is 13.5 Å². The number of fused-ring (bicyclic) bond motifs is 3. The van der Waals surface area contributed by atoms with Crippen LogP contribution in [0.15, 0.2) is 24.4 Å². The monoisotopic (exact) mass is 371 g/mol. The Hall–Kier alpha value is -2.74. The summed E-state index contributed by atoms with van der Waals surface area (Å²) in [5, 5.41) is 0.880. The van der Waals surface area contributed by atoms with Crippen LogP contribution in [0.1, 0.15) is 11.3 Å². The predicted octanol–water partition coefficient (Wildman–Crippen LogP) is 2.64. The molecule has 0 aliphatic carbocycles. The number of morpholine rings is 1. The Labute approximate surface area is 154 Å². The lowest BCUT2D eigenvalue weighted by Gasteiger charge is -2.30. The fraction of sp³-hybridized carbons (Fsp3) is 0.368. The van der Waals surface area contributed by atoms with Gasteiger partial charge in [-0.2, -0.15) is 4.98 Å². The minimum absolute atomic E-state index is 0.256. The van der Waals surface area contributed by atoms with Gasteiger partial charge in [0.2, 0.25) is 5.95 Å². The molecule has 0 radical (unpaired) electrons. The molecule has 0 saturated carbocycles. The summed E-state index contributed by atoms with van der Waals surface area (Å²) in [4.78, 5) is 16.0. The first-order valence-electron chi connectivity index (χ1n) is 9.08. The molecule has 3 aromatic rings. The van der Waals surface area contributed by atoms with Gasteiger partial charge in [-0.15, -0.1) is 0 Å². The number of anilines is 2. The van der Waals surface area contributed by atoms with E-state index in [0.29, 0.717) is 44.6 Å². The molecule has 8 heteroatoms. The van der Waals surface area contributed by atoms with Gasteiger partial charge in [0.25, 0.3) is 0 Å². The average Bonchev–Trinajstić information content (AvgIpc) is 3.06. The van der Waals surface area contributed by atoms with Crippen LogP contribution in [0.4, 0.5) is 20.5 Å². The second-order valence-electron chi connectivity index (χ2n) is 6.88. The molecule has 1 N–H and O–H groups in total. The zero-order valence-electron chi connectivity index (χ0n) is 14.7. The van der Waals surface area contributed by atoms with E-state index >= 15 is 0 Å². The molecule has 2 aliphatic rings. The van der Waals surface area contributed by atoms with Crippen LogP contribution in [0, 0.1) is 11.6 Å². The lowest BCUT2D eigenvalue weighted by atomic mass is 10.0. The number of ether oxygens (including phenoxy) is 1. The summed E-state index contributed by atoms with van der Waals surface area (Å²) < 4.78 is 33.3. The third-order valence-electron chi connectivity index (χ3n) is 5.24. The van der Waals surface area contributed by atoms with Crippen LogP contribution in [0.2, 0.25) is 0 Å². The third kappa shape index (κ3) is 2.90. The Morgan fingerprint density at radius 3 is 2.78 bits per heavy atom. The van der Waals surface area contributed by atoms with Gasteiger partial charge in [-0.1, -0.05) is 0 Å². The highest BCUT2D eigenvalue weighted by atomic mass is 19.1. The Bertz CT molecular complexity index is 999. The summed E-state index contributed by atoms with van der Waals surface area (Å²) in [5.41, 5.74) is 3.09.